The number of nitrogens with one attached hydrogen (secondary N) is 4. The fraction of sp³-hybridized carbons (Fsp3) is 0.333. The number of amides is 3. The molecule has 5 heterocycles. The first-order chi connectivity index (χ1) is 22.1. The molecule has 1 aromatic carbocycles. The van der Waals surface area contributed by atoms with E-state index in [0.29, 0.717) is 36.1 Å². The number of carbonyl (C=O) groups is 2. The third-order valence-corrected chi connectivity index (χ3v) is 10.6. The first kappa shape index (κ1) is 31.3. The number of aromatic nitrogens is 4. The number of urea groups is 1. The number of hydrogen-bond donors (Lipinski definition) is 4. The van der Waals surface area contributed by atoms with Gasteiger partial charge in [-0.1, -0.05) is 26.0 Å². The maximum Gasteiger partial charge on any atom is 0.321 e. The van der Waals surface area contributed by atoms with Gasteiger partial charge in [-0.3, -0.25) is 14.8 Å². The summed E-state index contributed by atoms with van der Waals surface area (Å²) in [6.45, 7) is 8.52. The van der Waals surface area contributed by atoms with E-state index in [1.807, 2.05) is 37.4 Å². The van der Waals surface area contributed by atoms with Crippen LogP contribution in [-0.2, 0) is 19.6 Å². The van der Waals surface area contributed by atoms with Crippen molar-refractivity contribution in [2.45, 2.75) is 38.0 Å². The van der Waals surface area contributed by atoms with Gasteiger partial charge in [-0.25, -0.2) is 33.1 Å². The van der Waals surface area contributed by atoms with Gasteiger partial charge in [0.05, 0.1) is 52.4 Å². The number of nitrogens with zero attached hydrogens (tertiary/aromatic N) is 5. The quantitative estimate of drug-likeness (QED) is 0.205. The molecule has 240 valence electrons. The van der Waals surface area contributed by atoms with Gasteiger partial charge in [-0.2, -0.15) is 0 Å². The lowest BCUT2D eigenvalue weighted by Crippen LogP contribution is -2.63. The molecule has 6 rings (SSSR count). The van der Waals surface area contributed by atoms with Crippen molar-refractivity contribution in [3.63, 3.8) is 0 Å². The zero-order chi connectivity index (χ0) is 32.4. The molecule has 2 atom stereocenters. The molecular formula is C30H33N9O5S2. The second-order valence-corrected chi connectivity index (χ2v) is 14.0. The van der Waals surface area contributed by atoms with Crippen LogP contribution in [-0.4, -0.2) is 77.9 Å². The van der Waals surface area contributed by atoms with Crippen molar-refractivity contribution in [1.29, 1.82) is 0 Å². The normalized spacial score (nSPS) is 18.7. The van der Waals surface area contributed by atoms with Crippen molar-refractivity contribution < 1.29 is 22.7 Å². The van der Waals surface area contributed by atoms with Gasteiger partial charge < -0.3 is 20.3 Å². The van der Waals surface area contributed by atoms with E-state index >= 15 is 0 Å². The van der Waals surface area contributed by atoms with Crippen molar-refractivity contribution in [3.05, 3.63) is 59.9 Å². The standard InChI is InChI=1S/C30H33N9O5S2/c1-17(2)28-36-24(19-5-4-6-20(15-19)38-46(42,43)26-18(3)33-30(41)37-27(26)40)25(45-28)22-9-10-31-29(35-22)34-21-7-8-23(32-16-21)39-11-13-44-14-12-39/h4-10,15-18,26,38H,11-14H2,1-3H3,(H,31,34,35)(H2,33,37,40,41). The van der Waals surface area contributed by atoms with Crippen LogP contribution in [0.3, 0.4) is 0 Å². The minimum Gasteiger partial charge on any atom is -0.378 e. The Morgan fingerprint density at radius 2 is 1.85 bits per heavy atom. The summed E-state index contributed by atoms with van der Waals surface area (Å²) in [4.78, 5) is 45.7. The number of carbonyl (C=O) groups excluding carboxylic acids is 2. The Hall–Kier alpha value is -4.67. The third-order valence-electron chi connectivity index (χ3n) is 7.40. The number of anilines is 4. The third kappa shape index (κ3) is 6.78. The van der Waals surface area contributed by atoms with Crippen molar-refractivity contribution in [2.24, 2.45) is 0 Å². The molecule has 16 heteroatoms. The number of sulfonamides is 1. The predicted octanol–water partition coefficient (Wildman–Crippen LogP) is 3.70. The molecule has 0 bridgehead atoms. The minimum absolute atomic E-state index is 0.135. The Morgan fingerprint density at radius 1 is 1.04 bits per heavy atom. The monoisotopic (exact) mass is 663 g/mol. The molecule has 0 radical (unpaired) electrons. The highest BCUT2D eigenvalue weighted by atomic mass is 32.2. The molecule has 4 N–H and O–H groups in total. The molecule has 2 aliphatic rings. The van der Waals surface area contributed by atoms with E-state index in [9.17, 15) is 18.0 Å². The first-order valence-electron chi connectivity index (χ1n) is 14.7. The van der Waals surface area contributed by atoms with E-state index in [4.69, 9.17) is 14.7 Å². The van der Waals surface area contributed by atoms with Crippen LogP contribution in [0.4, 0.5) is 27.9 Å². The zero-order valence-electron chi connectivity index (χ0n) is 25.4. The molecule has 2 unspecified atom stereocenters. The molecule has 0 saturated carbocycles. The Kier molecular flexibility index (Phi) is 8.84. The Morgan fingerprint density at radius 3 is 2.57 bits per heavy atom. The van der Waals surface area contributed by atoms with Crippen molar-refractivity contribution >= 4 is 56.4 Å². The average molecular weight is 664 g/mol. The molecule has 14 nitrogen and oxygen atoms in total. The summed E-state index contributed by atoms with van der Waals surface area (Å²) >= 11 is 1.50. The highest BCUT2D eigenvalue weighted by Gasteiger charge is 2.42. The van der Waals surface area contributed by atoms with Crippen molar-refractivity contribution in [3.8, 4) is 21.8 Å². The number of hydrogen-bond acceptors (Lipinski definition) is 12. The summed E-state index contributed by atoms with van der Waals surface area (Å²) in [6.07, 6.45) is 3.41. The summed E-state index contributed by atoms with van der Waals surface area (Å²) in [5.41, 5.74) is 2.92. The van der Waals surface area contributed by atoms with Crippen LogP contribution in [0.5, 0.6) is 0 Å². The number of morpholine rings is 1. The zero-order valence-corrected chi connectivity index (χ0v) is 27.0. The van der Waals surface area contributed by atoms with Crippen LogP contribution in [0.2, 0.25) is 0 Å². The van der Waals surface area contributed by atoms with Gasteiger partial charge >= 0.3 is 6.03 Å². The predicted molar refractivity (Wildman–Crippen MR) is 176 cm³/mol. The molecule has 4 aromatic rings. The number of imide groups is 1. The molecule has 2 saturated heterocycles. The van der Waals surface area contributed by atoms with Crippen LogP contribution in [0.1, 0.15) is 31.7 Å². The Labute approximate surface area is 270 Å². The number of ether oxygens (including phenoxy) is 1. The van der Waals surface area contributed by atoms with Gasteiger partial charge in [0.2, 0.25) is 21.9 Å². The van der Waals surface area contributed by atoms with E-state index in [-0.39, 0.29) is 11.6 Å². The van der Waals surface area contributed by atoms with Gasteiger partial charge in [0.1, 0.15) is 5.82 Å². The number of benzene rings is 1. The summed E-state index contributed by atoms with van der Waals surface area (Å²) in [7, 11) is -4.21. The average Bonchev–Trinajstić information content (AvgIpc) is 3.48. The molecule has 2 aliphatic heterocycles. The summed E-state index contributed by atoms with van der Waals surface area (Å²) in [6, 6.07) is 10.8. The second kappa shape index (κ2) is 13.0. The fourth-order valence-electron chi connectivity index (χ4n) is 5.16. The lowest BCUT2D eigenvalue weighted by atomic mass is 10.1. The lowest BCUT2D eigenvalue weighted by Gasteiger charge is -2.28. The molecule has 3 amide bonds. The van der Waals surface area contributed by atoms with E-state index < -0.39 is 33.3 Å². The van der Waals surface area contributed by atoms with E-state index in [2.05, 4.69) is 30.2 Å². The largest absolute Gasteiger partial charge is 0.378 e. The van der Waals surface area contributed by atoms with Crippen molar-refractivity contribution in [1.82, 2.24) is 30.6 Å². The molecular weight excluding hydrogens is 631 g/mol. The van der Waals surface area contributed by atoms with Crippen LogP contribution in [0, 0.1) is 0 Å². The van der Waals surface area contributed by atoms with Crippen LogP contribution in [0.25, 0.3) is 21.8 Å². The summed E-state index contributed by atoms with van der Waals surface area (Å²) in [5.74, 6) is 0.514. The van der Waals surface area contributed by atoms with Crippen molar-refractivity contribution in [2.75, 3.05) is 41.2 Å². The molecule has 0 aliphatic carbocycles. The molecule has 3 aromatic heterocycles. The van der Waals surface area contributed by atoms with E-state index in [1.54, 1.807) is 36.7 Å². The number of thiazole rings is 1. The topological polar surface area (TPSA) is 180 Å². The van der Waals surface area contributed by atoms with Gasteiger partial charge in [0.15, 0.2) is 5.25 Å². The Balaban J connectivity index is 1.26. The molecule has 46 heavy (non-hydrogen) atoms. The molecule has 0 spiro atoms. The number of pyridine rings is 1. The van der Waals surface area contributed by atoms with Crippen LogP contribution < -0.4 is 25.6 Å². The second-order valence-electron chi connectivity index (χ2n) is 11.2. The summed E-state index contributed by atoms with van der Waals surface area (Å²) in [5, 5.41) is 7.07. The van der Waals surface area contributed by atoms with E-state index in [1.165, 1.54) is 18.3 Å². The Bertz CT molecular complexity index is 1860. The highest BCUT2D eigenvalue weighted by Crippen LogP contribution is 2.39. The SMILES string of the molecule is CC(C)c1nc(-c2cccc(NS(=O)(=O)C3C(=O)NC(=O)NC3C)c2)c(-c2ccnc(Nc3ccc(N4CCOCC4)nc3)n2)s1. The number of rotatable bonds is 9. The lowest BCUT2D eigenvalue weighted by molar-refractivity contribution is -0.120. The van der Waals surface area contributed by atoms with Gasteiger partial charge in [-0.05, 0) is 37.3 Å². The van der Waals surface area contributed by atoms with Crippen LogP contribution in [0.15, 0.2) is 54.9 Å². The van der Waals surface area contributed by atoms with Gasteiger partial charge in [0, 0.05) is 36.5 Å². The maximum absolute atomic E-state index is 13.2. The first-order valence-corrected chi connectivity index (χ1v) is 17.1. The summed E-state index contributed by atoms with van der Waals surface area (Å²) < 4.78 is 34.4. The fourth-order valence-corrected chi connectivity index (χ4v) is 7.75. The van der Waals surface area contributed by atoms with Gasteiger partial charge in [-0.15, -0.1) is 11.3 Å². The smallest absolute Gasteiger partial charge is 0.321 e. The van der Waals surface area contributed by atoms with E-state index in [0.717, 1.165) is 34.5 Å². The van der Waals surface area contributed by atoms with Gasteiger partial charge in [0.25, 0.3) is 0 Å². The molecule has 2 fully saturated rings. The highest BCUT2D eigenvalue weighted by molar-refractivity contribution is 7.94. The minimum atomic E-state index is -4.21. The van der Waals surface area contributed by atoms with Crippen LogP contribution >= 0.6 is 11.3 Å². The maximum atomic E-state index is 13.2.